The van der Waals surface area contributed by atoms with E-state index in [0.29, 0.717) is 0 Å². The van der Waals surface area contributed by atoms with E-state index in [0.717, 1.165) is 33.3 Å². The molecule has 1 heterocycles. The predicted octanol–water partition coefficient (Wildman–Crippen LogP) is 5.67. The van der Waals surface area contributed by atoms with E-state index in [1.165, 1.54) is 12.3 Å². The molecular weight excluding hydrogens is 454 g/mol. The number of hydrogen-bond donors (Lipinski definition) is 1. The van der Waals surface area contributed by atoms with E-state index in [2.05, 4.69) is 15.6 Å². The Balaban J connectivity index is 1.53. The van der Waals surface area contributed by atoms with Crippen molar-refractivity contribution in [1.29, 1.82) is 0 Å². The van der Waals surface area contributed by atoms with Gasteiger partial charge in [0.25, 0.3) is 11.6 Å². The summed E-state index contributed by atoms with van der Waals surface area (Å²) in [6, 6.07) is 29.8. The lowest BCUT2D eigenvalue weighted by Gasteiger charge is -2.10. The number of nitrogens with zero attached hydrogens (tertiary/aromatic N) is 4. The number of carbonyl (C=O) groups excluding carboxylic acids is 1. The van der Waals surface area contributed by atoms with Crippen molar-refractivity contribution in [3.63, 3.8) is 0 Å². The summed E-state index contributed by atoms with van der Waals surface area (Å²) < 4.78 is 1.74. The van der Waals surface area contributed by atoms with Crippen LogP contribution in [0, 0.1) is 17.0 Å². The molecule has 0 aliphatic carbocycles. The summed E-state index contributed by atoms with van der Waals surface area (Å²) in [6.45, 7) is 2.01. The fraction of sp³-hybridized carbons (Fsp3) is 0.0357. The Bertz CT molecular complexity index is 1620. The number of nitro groups is 1. The lowest BCUT2D eigenvalue weighted by Crippen LogP contribution is -2.18. The molecule has 5 aromatic rings. The number of nitro benzene ring substituents is 1. The Morgan fingerprint density at radius 1 is 0.972 bits per heavy atom. The molecule has 0 saturated carbocycles. The number of nitrogens with one attached hydrogen (secondary N) is 1. The first-order chi connectivity index (χ1) is 17.5. The number of aryl methyl sites for hydroxylation is 1. The minimum atomic E-state index is -0.530. The Kier molecular flexibility index (Phi) is 6.07. The smallest absolute Gasteiger partial charge is 0.265 e. The molecule has 0 fully saturated rings. The molecule has 0 saturated heterocycles. The first-order valence-electron chi connectivity index (χ1n) is 11.2. The van der Waals surface area contributed by atoms with Gasteiger partial charge in [-0.05, 0) is 42.0 Å². The van der Waals surface area contributed by atoms with Crippen molar-refractivity contribution in [1.82, 2.24) is 15.2 Å². The van der Waals surface area contributed by atoms with Gasteiger partial charge in [0.15, 0.2) is 5.69 Å². The second-order valence-electron chi connectivity index (χ2n) is 8.20. The lowest BCUT2D eigenvalue weighted by atomic mass is 10.0. The monoisotopic (exact) mass is 475 g/mol. The molecule has 8 heteroatoms. The van der Waals surface area contributed by atoms with Gasteiger partial charge in [-0.15, -0.1) is 0 Å². The second-order valence-corrected chi connectivity index (χ2v) is 8.20. The van der Waals surface area contributed by atoms with Crippen molar-refractivity contribution in [2.24, 2.45) is 5.10 Å². The number of aromatic nitrogens is 2. The van der Waals surface area contributed by atoms with Crippen molar-refractivity contribution >= 4 is 28.6 Å². The molecule has 0 unspecified atom stereocenters. The molecule has 176 valence electrons. The summed E-state index contributed by atoms with van der Waals surface area (Å²) in [5.41, 5.74) is 6.39. The Hall–Kier alpha value is -5.11. The molecule has 0 bridgehead atoms. The van der Waals surface area contributed by atoms with Gasteiger partial charge in [-0.2, -0.15) is 10.2 Å². The van der Waals surface area contributed by atoms with Gasteiger partial charge in [0.05, 0.1) is 28.1 Å². The quantitative estimate of drug-likeness (QED) is 0.194. The van der Waals surface area contributed by atoms with Crippen LogP contribution in [0.1, 0.15) is 21.6 Å². The molecule has 1 aromatic heterocycles. The highest BCUT2D eigenvalue weighted by atomic mass is 16.6. The molecule has 36 heavy (non-hydrogen) atoms. The fourth-order valence-electron chi connectivity index (χ4n) is 4.00. The number of hydrogen-bond acceptors (Lipinski definition) is 5. The van der Waals surface area contributed by atoms with E-state index in [-0.39, 0.29) is 16.9 Å². The zero-order valence-electron chi connectivity index (χ0n) is 19.3. The first kappa shape index (κ1) is 22.7. The topological polar surface area (TPSA) is 102 Å². The number of rotatable bonds is 6. The highest BCUT2D eigenvalue weighted by molar-refractivity contribution is 5.99. The molecule has 5 rings (SSSR count). The van der Waals surface area contributed by atoms with E-state index in [1.807, 2.05) is 73.7 Å². The first-order valence-corrected chi connectivity index (χ1v) is 11.2. The van der Waals surface area contributed by atoms with Crippen LogP contribution < -0.4 is 5.43 Å². The van der Waals surface area contributed by atoms with Gasteiger partial charge in [0.1, 0.15) is 0 Å². The third-order valence-electron chi connectivity index (χ3n) is 5.79. The average molecular weight is 476 g/mol. The number of hydrazone groups is 1. The largest absolute Gasteiger partial charge is 0.291 e. The van der Waals surface area contributed by atoms with Gasteiger partial charge in [-0.3, -0.25) is 14.9 Å². The summed E-state index contributed by atoms with van der Waals surface area (Å²) >= 11 is 0. The zero-order chi connectivity index (χ0) is 25.1. The molecule has 0 aliphatic heterocycles. The molecule has 1 amide bonds. The van der Waals surface area contributed by atoms with Crippen molar-refractivity contribution in [3.8, 4) is 16.9 Å². The maximum absolute atomic E-state index is 13.0. The fourth-order valence-corrected chi connectivity index (χ4v) is 4.00. The molecular formula is C28H21N5O3. The van der Waals surface area contributed by atoms with Gasteiger partial charge >= 0.3 is 0 Å². The molecule has 0 atom stereocenters. The number of carbonyl (C=O) groups is 1. The third-order valence-corrected chi connectivity index (χ3v) is 5.79. The van der Waals surface area contributed by atoms with Crippen molar-refractivity contribution in [2.75, 3.05) is 0 Å². The molecule has 4 aromatic carbocycles. The van der Waals surface area contributed by atoms with Gasteiger partial charge < -0.3 is 0 Å². The number of fused-ring (bicyclic) bond motifs is 1. The highest BCUT2D eigenvalue weighted by Gasteiger charge is 2.18. The highest BCUT2D eigenvalue weighted by Crippen LogP contribution is 2.31. The van der Waals surface area contributed by atoms with E-state index >= 15 is 0 Å². The summed E-state index contributed by atoms with van der Waals surface area (Å²) in [5.74, 6) is -0.530. The third kappa shape index (κ3) is 4.47. The van der Waals surface area contributed by atoms with Crippen LogP contribution in [0.4, 0.5) is 5.69 Å². The molecule has 8 nitrogen and oxygen atoms in total. The van der Waals surface area contributed by atoms with Crippen LogP contribution >= 0.6 is 0 Å². The average Bonchev–Trinajstić information content (AvgIpc) is 3.34. The van der Waals surface area contributed by atoms with Crippen LogP contribution in [0.3, 0.4) is 0 Å². The summed E-state index contributed by atoms with van der Waals surface area (Å²) in [7, 11) is 0. The molecule has 0 spiro atoms. The number of benzene rings is 4. The normalized spacial score (nSPS) is 11.1. The maximum atomic E-state index is 13.0. The minimum Gasteiger partial charge on any atom is -0.265 e. The van der Waals surface area contributed by atoms with Crippen molar-refractivity contribution in [3.05, 3.63) is 124 Å². The maximum Gasteiger partial charge on any atom is 0.291 e. The van der Waals surface area contributed by atoms with Crippen molar-refractivity contribution in [2.45, 2.75) is 6.92 Å². The standard InChI is InChI=1S/C28H21N5O3/c1-19-13-15-22(16-14-19)32-27(24-11-6-9-20-7-2-4-10-23(20)24)17-25(31-32)28(34)30-29-18-21-8-3-5-12-26(21)33(35)36/h2-18H,1H3,(H,30,34)/b29-18-. The van der Waals surface area contributed by atoms with E-state index in [9.17, 15) is 14.9 Å². The van der Waals surface area contributed by atoms with E-state index in [1.54, 1.807) is 28.9 Å². The van der Waals surface area contributed by atoms with Crippen LogP contribution in [0.2, 0.25) is 0 Å². The van der Waals surface area contributed by atoms with Crippen molar-refractivity contribution < 1.29 is 9.72 Å². The summed E-state index contributed by atoms with van der Waals surface area (Å²) in [4.78, 5) is 23.7. The summed E-state index contributed by atoms with van der Waals surface area (Å²) in [6.07, 6.45) is 1.25. The predicted molar refractivity (Wildman–Crippen MR) is 139 cm³/mol. The Morgan fingerprint density at radius 2 is 1.69 bits per heavy atom. The van der Waals surface area contributed by atoms with E-state index in [4.69, 9.17) is 0 Å². The SMILES string of the molecule is Cc1ccc(-n2nc(C(=O)N/N=C\c3ccccc3[N+](=O)[O-])cc2-c2cccc3ccccc23)cc1. The van der Waals surface area contributed by atoms with Crippen LogP contribution in [0.15, 0.2) is 102 Å². The van der Waals surface area contributed by atoms with Gasteiger partial charge in [-0.1, -0.05) is 72.3 Å². The second kappa shape index (κ2) is 9.63. The van der Waals surface area contributed by atoms with Crippen LogP contribution in [-0.4, -0.2) is 26.8 Å². The minimum absolute atomic E-state index is 0.0996. The van der Waals surface area contributed by atoms with Gasteiger partial charge in [0, 0.05) is 11.6 Å². The molecule has 1 N–H and O–H groups in total. The number of amides is 1. The van der Waals surface area contributed by atoms with Gasteiger partial charge in [0.2, 0.25) is 0 Å². The Labute approximate surface area is 206 Å². The zero-order valence-corrected chi connectivity index (χ0v) is 19.3. The van der Waals surface area contributed by atoms with Gasteiger partial charge in [-0.25, -0.2) is 10.1 Å². The molecule has 0 radical (unpaired) electrons. The molecule has 0 aliphatic rings. The lowest BCUT2D eigenvalue weighted by molar-refractivity contribution is -0.385. The van der Waals surface area contributed by atoms with Crippen LogP contribution in [-0.2, 0) is 0 Å². The van der Waals surface area contributed by atoms with Crippen LogP contribution in [0.5, 0.6) is 0 Å². The van der Waals surface area contributed by atoms with E-state index < -0.39 is 10.8 Å². The summed E-state index contributed by atoms with van der Waals surface area (Å²) in [5, 5.41) is 21.8. The van der Waals surface area contributed by atoms with Crippen LogP contribution in [0.25, 0.3) is 27.7 Å². The Morgan fingerprint density at radius 3 is 2.50 bits per heavy atom. The number of para-hydroxylation sites is 1.